The molecule has 5 heteroatoms. The predicted octanol–water partition coefficient (Wildman–Crippen LogP) is 3.22. The minimum absolute atomic E-state index is 0. The maximum absolute atomic E-state index is 12.1. The van der Waals surface area contributed by atoms with Gasteiger partial charge < -0.3 is 10.2 Å². The Labute approximate surface area is 125 Å². The molecule has 19 heavy (non-hydrogen) atoms. The summed E-state index contributed by atoms with van der Waals surface area (Å²) in [5.41, 5.74) is 0. The van der Waals surface area contributed by atoms with Crippen LogP contribution in [-0.4, -0.2) is 30.4 Å². The highest BCUT2D eigenvalue weighted by Gasteiger charge is 2.20. The van der Waals surface area contributed by atoms with E-state index in [1.807, 2.05) is 18.0 Å². The Hall–Kier alpha value is -0.580. The number of halogens is 1. The maximum Gasteiger partial charge on any atom is 0.222 e. The first-order valence-electron chi connectivity index (χ1n) is 6.71. The van der Waals surface area contributed by atoms with Crippen LogP contribution in [0.2, 0.25) is 0 Å². The topological polar surface area (TPSA) is 32.3 Å². The van der Waals surface area contributed by atoms with E-state index in [0.29, 0.717) is 12.5 Å². The molecule has 0 aromatic carbocycles. The molecule has 1 N–H and O–H groups in total. The second-order valence-corrected chi connectivity index (χ2v) is 6.01. The molecule has 1 saturated heterocycles. The van der Waals surface area contributed by atoms with Crippen LogP contribution in [0.1, 0.15) is 43.5 Å². The molecular formula is C14H23ClN2OS. The van der Waals surface area contributed by atoms with Crippen molar-refractivity contribution in [1.82, 2.24) is 10.2 Å². The van der Waals surface area contributed by atoms with Crippen molar-refractivity contribution in [3.63, 3.8) is 0 Å². The molecule has 0 saturated carbocycles. The highest BCUT2D eigenvalue weighted by Crippen LogP contribution is 2.24. The van der Waals surface area contributed by atoms with Gasteiger partial charge in [-0.25, -0.2) is 0 Å². The van der Waals surface area contributed by atoms with Crippen molar-refractivity contribution >= 4 is 29.7 Å². The SMILES string of the molecule is CC(c1cccs1)N(C)C(=O)CCC1CCCN1.Cl. The lowest BCUT2D eigenvalue weighted by Gasteiger charge is -2.24. The van der Waals surface area contributed by atoms with Crippen molar-refractivity contribution in [2.75, 3.05) is 13.6 Å². The third kappa shape index (κ3) is 4.48. The van der Waals surface area contributed by atoms with Gasteiger partial charge in [0.05, 0.1) is 6.04 Å². The molecule has 1 aromatic rings. The monoisotopic (exact) mass is 302 g/mol. The Morgan fingerprint density at radius 2 is 2.42 bits per heavy atom. The summed E-state index contributed by atoms with van der Waals surface area (Å²) in [5.74, 6) is 0.254. The average molecular weight is 303 g/mol. The minimum Gasteiger partial charge on any atom is -0.338 e. The lowest BCUT2D eigenvalue weighted by Crippen LogP contribution is -2.31. The van der Waals surface area contributed by atoms with Gasteiger partial charge in [0.1, 0.15) is 0 Å². The molecule has 2 heterocycles. The molecule has 108 valence electrons. The molecule has 3 nitrogen and oxygen atoms in total. The third-order valence-corrected chi connectivity index (χ3v) is 4.84. The molecule has 1 amide bonds. The summed E-state index contributed by atoms with van der Waals surface area (Å²) in [6.07, 6.45) is 4.10. The van der Waals surface area contributed by atoms with E-state index in [1.54, 1.807) is 11.3 Å². The van der Waals surface area contributed by atoms with Crippen LogP contribution in [0, 0.1) is 0 Å². The largest absolute Gasteiger partial charge is 0.338 e. The lowest BCUT2D eigenvalue weighted by molar-refractivity contribution is -0.131. The van der Waals surface area contributed by atoms with E-state index in [9.17, 15) is 4.79 Å². The van der Waals surface area contributed by atoms with Crippen LogP contribution in [0.3, 0.4) is 0 Å². The van der Waals surface area contributed by atoms with Crippen LogP contribution in [0.25, 0.3) is 0 Å². The second-order valence-electron chi connectivity index (χ2n) is 5.03. The number of thiophene rings is 1. The second kappa shape index (κ2) is 7.88. The first-order chi connectivity index (χ1) is 8.68. The third-order valence-electron chi connectivity index (χ3n) is 3.80. The molecule has 0 aliphatic carbocycles. The summed E-state index contributed by atoms with van der Waals surface area (Å²) < 4.78 is 0. The smallest absolute Gasteiger partial charge is 0.222 e. The van der Waals surface area contributed by atoms with Crippen molar-refractivity contribution in [2.24, 2.45) is 0 Å². The highest BCUT2D eigenvalue weighted by molar-refractivity contribution is 7.10. The fraction of sp³-hybridized carbons (Fsp3) is 0.643. The number of carbonyl (C=O) groups is 1. The molecule has 1 aromatic heterocycles. The Kier molecular flexibility index (Phi) is 6.83. The van der Waals surface area contributed by atoms with Crippen molar-refractivity contribution in [3.8, 4) is 0 Å². The number of hydrogen-bond acceptors (Lipinski definition) is 3. The first kappa shape index (κ1) is 16.5. The highest BCUT2D eigenvalue weighted by atomic mass is 35.5. The molecular weight excluding hydrogens is 280 g/mol. The lowest BCUT2D eigenvalue weighted by atomic mass is 10.1. The van der Waals surface area contributed by atoms with Crippen LogP contribution in [0.5, 0.6) is 0 Å². The molecule has 0 spiro atoms. The van der Waals surface area contributed by atoms with E-state index in [4.69, 9.17) is 0 Å². The van der Waals surface area contributed by atoms with Gasteiger partial charge in [0.15, 0.2) is 0 Å². The summed E-state index contributed by atoms with van der Waals surface area (Å²) in [6.45, 7) is 3.21. The molecule has 0 radical (unpaired) electrons. The molecule has 2 rings (SSSR count). The van der Waals surface area contributed by atoms with Gasteiger partial charge >= 0.3 is 0 Å². The normalized spacial score (nSPS) is 19.8. The Balaban J connectivity index is 0.00000180. The van der Waals surface area contributed by atoms with Gasteiger partial charge in [-0.15, -0.1) is 23.7 Å². The molecule has 1 aliphatic heterocycles. The number of hydrogen-bond donors (Lipinski definition) is 1. The van der Waals surface area contributed by atoms with Crippen LogP contribution in [0.4, 0.5) is 0 Å². The summed E-state index contributed by atoms with van der Waals surface area (Å²) >= 11 is 1.71. The fourth-order valence-corrected chi connectivity index (χ4v) is 3.24. The van der Waals surface area contributed by atoms with Gasteiger partial charge in [0.2, 0.25) is 5.91 Å². The summed E-state index contributed by atoms with van der Waals surface area (Å²) in [6, 6.07) is 4.88. The zero-order valence-electron chi connectivity index (χ0n) is 11.6. The van der Waals surface area contributed by atoms with Crippen molar-refractivity contribution in [1.29, 1.82) is 0 Å². The summed E-state index contributed by atoms with van der Waals surface area (Å²) in [5, 5.41) is 5.50. The molecule has 1 fully saturated rings. The van der Waals surface area contributed by atoms with E-state index in [1.165, 1.54) is 17.7 Å². The Bertz CT molecular complexity index is 377. The Morgan fingerprint density at radius 3 is 3.00 bits per heavy atom. The fourth-order valence-electron chi connectivity index (χ4n) is 2.41. The van der Waals surface area contributed by atoms with Crippen LogP contribution < -0.4 is 5.32 Å². The Morgan fingerprint density at radius 1 is 1.63 bits per heavy atom. The van der Waals surface area contributed by atoms with Crippen LogP contribution in [0.15, 0.2) is 17.5 Å². The van der Waals surface area contributed by atoms with Gasteiger partial charge in [-0.1, -0.05) is 6.07 Å². The minimum atomic E-state index is 0. The van der Waals surface area contributed by atoms with Gasteiger partial charge in [0.25, 0.3) is 0 Å². The summed E-state index contributed by atoms with van der Waals surface area (Å²) in [4.78, 5) is 15.3. The molecule has 1 aliphatic rings. The molecule has 2 unspecified atom stereocenters. The van der Waals surface area contributed by atoms with Gasteiger partial charge in [-0.05, 0) is 44.2 Å². The van der Waals surface area contributed by atoms with Gasteiger partial charge in [-0.2, -0.15) is 0 Å². The number of nitrogens with zero attached hydrogens (tertiary/aromatic N) is 1. The standard InChI is InChI=1S/C14H22N2OS.ClH/c1-11(13-6-4-10-18-13)16(2)14(17)8-7-12-5-3-9-15-12;/h4,6,10-12,15H,3,5,7-9H2,1-2H3;1H. The van der Waals surface area contributed by atoms with Crippen molar-refractivity contribution < 1.29 is 4.79 Å². The number of nitrogens with one attached hydrogen (secondary N) is 1. The maximum atomic E-state index is 12.1. The number of carbonyl (C=O) groups excluding carboxylic acids is 1. The van der Waals surface area contributed by atoms with E-state index >= 15 is 0 Å². The van der Waals surface area contributed by atoms with Crippen molar-refractivity contribution in [3.05, 3.63) is 22.4 Å². The summed E-state index contributed by atoms with van der Waals surface area (Å²) in [7, 11) is 1.91. The van der Waals surface area contributed by atoms with Crippen molar-refractivity contribution in [2.45, 2.75) is 44.7 Å². The zero-order valence-corrected chi connectivity index (χ0v) is 13.2. The van der Waals surface area contributed by atoms with E-state index in [2.05, 4.69) is 23.7 Å². The van der Waals surface area contributed by atoms with E-state index in [0.717, 1.165) is 13.0 Å². The first-order valence-corrected chi connectivity index (χ1v) is 7.59. The molecule has 0 bridgehead atoms. The van der Waals surface area contributed by atoms with Crippen LogP contribution in [-0.2, 0) is 4.79 Å². The van der Waals surface area contributed by atoms with E-state index in [-0.39, 0.29) is 24.4 Å². The number of rotatable bonds is 5. The van der Waals surface area contributed by atoms with Crippen LogP contribution >= 0.6 is 23.7 Å². The van der Waals surface area contributed by atoms with Gasteiger partial charge in [0, 0.05) is 24.4 Å². The predicted molar refractivity (Wildman–Crippen MR) is 83.0 cm³/mol. The quantitative estimate of drug-likeness (QED) is 0.906. The molecule has 2 atom stereocenters. The van der Waals surface area contributed by atoms with E-state index < -0.39 is 0 Å². The average Bonchev–Trinajstić information content (AvgIpc) is 3.06. The zero-order chi connectivity index (χ0) is 13.0. The number of amides is 1. The van der Waals surface area contributed by atoms with Gasteiger partial charge in [-0.3, -0.25) is 4.79 Å².